The Bertz CT molecular complexity index is 750. The molecule has 0 bridgehead atoms. The summed E-state index contributed by atoms with van der Waals surface area (Å²) in [6.45, 7) is 9.06. The van der Waals surface area contributed by atoms with Crippen molar-refractivity contribution in [2.75, 3.05) is 33.3 Å². The van der Waals surface area contributed by atoms with Gasteiger partial charge in [0.2, 0.25) is 0 Å². The van der Waals surface area contributed by atoms with Crippen LogP contribution in [0.4, 0.5) is 8.78 Å². The van der Waals surface area contributed by atoms with E-state index in [-0.39, 0.29) is 11.1 Å². The number of allylic oxidation sites excluding steroid dienone is 1. The summed E-state index contributed by atoms with van der Waals surface area (Å²) < 4.78 is 32.6. The smallest absolute Gasteiger partial charge is 0.337 e. The SMILES string of the molecule is CCN(CC)CCN1C(=S)N[C@H](c2ccc(F)cc2F)C(C(=O)OC)=C1C. The van der Waals surface area contributed by atoms with Crippen LogP contribution in [0, 0.1) is 11.6 Å². The first-order valence-corrected chi connectivity index (χ1v) is 9.29. The topological polar surface area (TPSA) is 44.8 Å². The van der Waals surface area contributed by atoms with Crippen molar-refractivity contribution >= 4 is 23.3 Å². The van der Waals surface area contributed by atoms with E-state index in [4.69, 9.17) is 17.0 Å². The molecule has 27 heavy (non-hydrogen) atoms. The fourth-order valence-electron chi connectivity index (χ4n) is 3.18. The van der Waals surface area contributed by atoms with Crippen molar-refractivity contribution in [1.82, 2.24) is 15.1 Å². The number of benzene rings is 1. The number of hydrogen-bond acceptors (Lipinski definition) is 4. The first-order chi connectivity index (χ1) is 12.8. The van der Waals surface area contributed by atoms with E-state index < -0.39 is 23.6 Å². The standard InChI is InChI=1S/C19H25F2N3O2S/c1-5-23(6-2)9-10-24-12(3)16(18(25)26-4)17(22-19(24)27)14-8-7-13(20)11-15(14)21/h7-8,11,17H,5-6,9-10H2,1-4H3,(H,22,27)/t17-/m1/s1. The van der Waals surface area contributed by atoms with Crippen molar-refractivity contribution in [3.05, 3.63) is 46.7 Å². The second kappa shape index (κ2) is 9.23. The van der Waals surface area contributed by atoms with Crippen LogP contribution in [0.15, 0.2) is 29.5 Å². The number of halogens is 2. The van der Waals surface area contributed by atoms with Gasteiger partial charge in [-0.3, -0.25) is 0 Å². The first-order valence-electron chi connectivity index (χ1n) is 8.88. The number of methoxy groups -OCH3 is 1. The molecule has 1 heterocycles. The van der Waals surface area contributed by atoms with E-state index in [1.807, 2.05) is 4.90 Å². The van der Waals surface area contributed by atoms with Crippen LogP contribution in [0.25, 0.3) is 0 Å². The minimum Gasteiger partial charge on any atom is -0.466 e. The van der Waals surface area contributed by atoms with Gasteiger partial charge in [-0.2, -0.15) is 0 Å². The molecule has 0 fully saturated rings. The molecule has 1 aromatic rings. The van der Waals surface area contributed by atoms with Gasteiger partial charge in [-0.25, -0.2) is 13.6 Å². The molecule has 1 atom stereocenters. The number of nitrogens with one attached hydrogen (secondary N) is 1. The summed E-state index contributed by atoms with van der Waals surface area (Å²) in [5.41, 5.74) is 1.00. The fourth-order valence-corrected chi connectivity index (χ4v) is 3.52. The lowest BCUT2D eigenvalue weighted by Gasteiger charge is -2.38. The molecule has 0 unspecified atom stereocenters. The van der Waals surface area contributed by atoms with Crippen LogP contribution in [0.2, 0.25) is 0 Å². The van der Waals surface area contributed by atoms with Crippen LogP contribution in [0.5, 0.6) is 0 Å². The molecule has 0 saturated heterocycles. The summed E-state index contributed by atoms with van der Waals surface area (Å²) in [4.78, 5) is 16.5. The number of thiocarbonyl (C=S) groups is 1. The van der Waals surface area contributed by atoms with E-state index in [2.05, 4.69) is 24.1 Å². The zero-order valence-electron chi connectivity index (χ0n) is 16.0. The summed E-state index contributed by atoms with van der Waals surface area (Å²) in [5.74, 6) is -2.01. The highest BCUT2D eigenvalue weighted by Gasteiger charge is 2.35. The molecule has 0 aromatic heterocycles. The van der Waals surface area contributed by atoms with E-state index in [9.17, 15) is 13.6 Å². The Balaban J connectivity index is 2.43. The lowest BCUT2D eigenvalue weighted by atomic mass is 9.94. The van der Waals surface area contributed by atoms with Gasteiger partial charge in [0.15, 0.2) is 5.11 Å². The maximum absolute atomic E-state index is 14.4. The summed E-state index contributed by atoms with van der Waals surface area (Å²) in [6.07, 6.45) is 0. The molecule has 5 nitrogen and oxygen atoms in total. The molecule has 0 aliphatic carbocycles. The number of rotatable bonds is 7. The highest BCUT2D eigenvalue weighted by molar-refractivity contribution is 7.80. The van der Waals surface area contributed by atoms with Gasteiger partial charge in [-0.05, 0) is 38.3 Å². The largest absolute Gasteiger partial charge is 0.466 e. The van der Waals surface area contributed by atoms with Crippen LogP contribution >= 0.6 is 12.2 Å². The van der Waals surface area contributed by atoms with Gasteiger partial charge in [0.25, 0.3) is 0 Å². The number of carbonyl (C=O) groups is 1. The van der Waals surface area contributed by atoms with Crippen molar-refractivity contribution in [2.24, 2.45) is 0 Å². The molecule has 1 aliphatic heterocycles. The van der Waals surface area contributed by atoms with Crippen LogP contribution in [-0.2, 0) is 9.53 Å². The minimum absolute atomic E-state index is 0.141. The van der Waals surface area contributed by atoms with E-state index in [0.29, 0.717) is 17.4 Å². The quantitative estimate of drug-likeness (QED) is 0.564. The Kier molecular flexibility index (Phi) is 7.26. The second-order valence-corrected chi connectivity index (χ2v) is 6.60. The summed E-state index contributed by atoms with van der Waals surface area (Å²) in [5, 5.41) is 3.41. The Morgan fingerprint density at radius 2 is 2.00 bits per heavy atom. The van der Waals surface area contributed by atoms with Gasteiger partial charge in [-0.1, -0.05) is 19.9 Å². The van der Waals surface area contributed by atoms with Crippen molar-refractivity contribution in [2.45, 2.75) is 26.8 Å². The van der Waals surface area contributed by atoms with E-state index >= 15 is 0 Å². The Labute approximate surface area is 164 Å². The van der Waals surface area contributed by atoms with Crippen molar-refractivity contribution in [3.8, 4) is 0 Å². The Morgan fingerprint density at radius 3 is 2.56 bits per heavy atom. The fraction of sp³-hybridized carbons (Fsp3) is 0.474. The van der Waals surface area contributed by atoms with Gasteiger partial charge in [-0.15, -0.1) is 0 Å². The average molecular weight is 397 g/mol. The zero-order valence-corrected chi connectivity index (χ0v) is 16.8. The third-order valence-electron chi connectivity index (χ3n) is 4.81. The second-order valence-electron chi connectivity index (χ2n) is 6.22. The monoisotopic (exact) mass is 397 g/mol. The van der Waals surface area contributed by atoms with E-state index in [1.165, 1.54) is 13.2 Å². The maximum atomic E-state index is 14.4. The molecule has 1 aliphatic rings. The molecule has 1 N–H and O–H groups in total. The number of hydrogen-bond donors (Lipinski definition) is 1. The highest BCUT2D eigenvalue weighted by Crippen LogP contribution is 2.32. The number of nitrogens with zero attached hydrogens (tertiary/aromatic N) is 2. The van der Waals surface area contributed by atoms with Crippen molar-refractivity contribution < 1.29 is 18.3 Å². The summed E-state index contributed by atoms with van der Waals surface area (Å²) in [6, 6.07) is 2.42. The normalized spacial score (nSPS) is 17.4. The first kappa shape index (κ1) is 21.2. The predicted octanol–water partition coefficient (Wildman–Crippen LogP) is 2.98. The van der Waals surface area contributed by atoms with Crippen LogP contribution in [0.1, 0.15) is 32.4 Å². The molecular formula is C19H25F2N3O2S. The van der Waals surface area contributed by atoms with Crippen molar-refractivity contribution in [1.29, 1.82) is 0 Å². The number of carbonyl (C=O) groups excluding carboxylic acids is 1. The number of likely N-dealkylation sites (N-methyl/N-ethyl adjacent to an activating group) is 1. The van der Waals surface area contributed by atoms with E-state index in [0.717, 1.165) is 31.8 Å². The number of ether oxygens (including phenoxy) is 1. The van der Waals surface area contributed by atoms with Gasteiger partial charge in [0.1, 0.15) is 11.6 Å². The van der Waals surface area contributed by atoms with Crippen LogP contribution in [-0.4, -0.2) is 54.2 Å². The third kappa shape index (κ3) is 4.62. The zero-order chi connectivity index (χ0) is 20.1. The Hall–Kier alpha value is -2.06. The summed E-state index contributed by atoms with van der Waals surface area (Å²) in [7, 11) is 1.27. The molecule has 2 rings (SSSR count). The molecule has 148 valence electrons. The van der Waals surface area contributed by atoms with Gasteiger partial charge >= 0.3 is 5.97 Å². The minimum atomic E-state index is -0.838. The Morgan fingerprint density at radius 1 is 1.33 bits per heavy atom. The van der Waals surface area contributed by atoms with Gasteiger partial charge in [0.05, 0.1) is 18.7 Å². The van der Waals surface area contributed by atoms with Crippen LogP contribution in [0.3, 0.4) is 0 Å². The lowest BCUT2D eigenvalue weighted by molar-refractivity contribution is -0.136. The van der Waals surface area contributed by atoms with Crippen LogP contribution < -0.4 is 5.32 Å². The third-order valence-corrected chi connectivity index (χ3v) is 5.15. The molecule has 0 radical (unpaired) electrons. The maximum Gasteiger partial charge on any atom is 0.337 e. The molecular weight excluding hydrogens is 372 g/mol. The predicted molar refractivity (Wildman–Crippen MR) is 104 cm³/mol. The lowest BCUT2D eigenvalue weighted by Crippen LogP contribution is -2.50. The molecule has 8 heteroatoms. The molecule has 0 amide bonds. The average Bonchev–Trinajstić information content (AvgIpc) is 2.63. The summed E-state index contributed by atoms with van der Waals surface area (Å²) >= 11 is 5.46. The highest BCUT2D eigenvalue weighted by atomic mass is 32.1. The molecule has 0 spiro atoms. The van der Waals surface area contributed by atoms with E-state index in [1.54, 1.807) is 6.92 Å². The van der Waals surface area contributed by atoms with Gasteiger partial charge in [0, 0.05) is 30.4 Å². The number of esters is 1. The van der Waals surface area contributed by atoms with Gasteiger partial charge < -0.3 is 19.9 Å². The van der Waals surface area contributed by atoms with Crippen molar-refractivity contribution in [3.63, 3.8) is 0 Å². The molecule has 0 saturated carbocycles. The molecule has 1 aromatic carbocycles.